The fraction of sp³-hybridized carbons (Fsp3) is 0.375. The van der Waals surface area contributed by atoms with Crippen LogP contribution >= 0.6 is 15.9 Å². The van der Waals surface area contributed by atoms with Gasteiger partial charge >= 0.3 is 11.9 Å². The molecule has 1 aromatic carbocycles. The SMILES string of the molecule is C#CCC(C(=O)OCC)(C(=O)OCC)c1ccc(Br)cc1. The Morgan fingerprint density at radius 3 is 2.00 bits per heavy atom. The zero-order valence-corrected chi connectivity index (χ0v) is 13.6. The maximum Gasteiger partial charge on any atom is 0.329 e. The Morgan fingerprint density at radius 1 is 1.14 bits per heavy atom. The van der Waals surface area contributed by atoms with Gasteiger partial charge in [-0.1, -0.05) is 28.1 Å². The van der Waals surface area contributed by atoms with Gasteiger partial charge in [-0.15, -0.1) is 12.3 Å². The standard InChI is InChI=1S/C16H17BrO4/c1-4-11-16(14(18)20-5-2,15(19)21-6-3)12-7-9-13(17)10-8-12/h1,7-10H,5-6,11H2,2-3H3. The number of halogens is 1. The zero-order valence-electron chi connectivity index (χ0n) is 12.0. The molecule has 0 heterocycles. The third kappa shape index (κ3) is 3.64. The summed E-state index contributed by atoms with van der Waals surface area (Å²) in [7, 11) is 0. The number of terminal acetylenes is 1. The molecule has 4 nitrogen and oxygen atoms in total. The molecule has 0 saturated heterocycles. The van der Waals surface area contributed by atoms with Gasteiger partial charge in [-0.25, -0.2) is 0 Å². The van der Waals surface area contributed by atoms with Gasteiger partial charge in [-0.3, -0.25) is 9.59 Å². The van der Waals surface area contributed by atoms with E-state index in [0.717, 1.165) is 4.47 Å². The highest BCUT2D eigenvalue weighted by atomic mass is 79.9. The first-order valence-corrected chi connectivity index (χ1v) is 7.36. The average molecular weight is 353 g/mol. The number of carbonyl (C=O) groups is 2. The van der Waals surface area contributed by atoms with E-state index in [0.29, 0.717) is 5.56 Å². The number of ether oxygens (including phenoxy) is 2. The molecule has 0 bridgehead atoms. The van der Waals surface area contributed by atoms with Crippen LogP contribution in [0.3, 0.4) is 0 Å². The lowest BCUT2D eigenvalue weighted by Crippen LogP contribution is -2.46. The number of hydrogen-bond acceptors (Lipinski definition) is 4. The molecule has 0 unspecified atom stereocenters. The van der Waals surface area contributed by atoms with Crippen LogP contribution in [0.1, 0.15) is 25.8 Å². The molecule has 5 heteroatoms. The second-order valence-corrected chi connectivity index (χ2v) is 5.15. The molecule has 0 amide bonds. The van der Waals surface area contributed by atoms with Crippen molar-refractivity contribution in [3.8, 4) is 12.3 Å². The topological polar surface area (TPSA) is 52.6 Å². The summed E-state index contributed by atoms with van der Waals surface area (Å²) in [6.45, 7) is 3.65. The maximum absolute atomic E-state index is 12.4. The molecule has 0 aromatic heterocycles. The van der Waals surface area contributed by atoms with Crippen LogP contribution in [0.15, 0.2) is 28.7 Å². The Hall–Kier alpha value is -1.80. The number of hydrogen-bond donors (Lipinski definition) is 0. The van der Waals surface area contributed by atoms with Gasteiger partial charge in [0.05, 0.1) is 13.2 Å². The summed E-state index contributed by atoms with van der Waals surface area (Å²) >= 11 is 3.31. The van der Waals surface area contributed by atoms with E-state index in [-0.39, 0.29) is 19.6 Å². The summed E-state index contributed by atoms with van der Waals surface area (Å²) in [6, 6.07) is 6.79. The molecule has 0 aliphatic rings. The van der Waals surface area contributed by atoms with Crippen molar-refractivity contribution in [2.24, 2.45) is 0 Å². The quantitative estimate of drug-likeness (QED) is 0.448. The van der Waals surface area contributed by atoms with Crippen molar-refractivity contribution in [1.82, 2.24) is 0 Å². The van der Waals surface area contributed by atoms with Crippen LogP contribution in [0.5, 0.6) is 0 Å². The lowest BCUT2D eigenvalue weighted by molar-refractivity contribution is -0.164. The summed E-state index contributed by atoms with van der Waals surface area (Å²) in [5.74, 6) is 1.00. The molecule has 0 fully saturated rings. The van der Waals surface area contributed by atoms with Crippen LogP contribution < -0.4 is 0 Å². The van der Waals surface area contributed by atoms with Crippen molar-refractivity contribution in [2.75, 3.05) is 13.2 Å². The van der Waals surface area contributed by atoms with Crippen LogP contribution in [0, 0.1) is 12.3 Å². The molecule has 0 aliphatic heterocycles. The molecule has 0 radical (unpaired) electrons. The zero-order chi connectivity index (χ0) is 15.9. The van der Waals surface area contributed by atoms with E-state index in [1.807, 2.05) is 0 Å². The molecule has 0 N–H and O–H groups in total. The second-order valence-electron chi connectivity index (χ2n) is 4.23. The first-order valence-electron chi connectivity index (χ1n) is 6.56. The minimum atomic E-state index is -1.62. The molecule has 21 heavy (non-hydrogen) atoms. The smallest absolute Gasteiger partial charge is 0.329 e. The van der Waals surface area contributed by atoms with Crippen molar-refractivity contribution in [1.29, 1.82) is 0 Å². The summed E-state index contributed by atoms with van der Waals surface area (Å²) in [4.78, 5) is 24.9. The van der Waals surface area contributed by atoms with Crippen LogP contribution in [-0.4, -0.2) is 25.2 Å². The van der Waals surface area contributed by atoms with Crippen molar-refractivity contribution in [3.05, 3.63) is 34.3 Å². The molecule has 0 atom stereocenters. The van der Waals surface area contributed by atoms with E-state index in [9.17, 15) is 9.59 Å². The minimum absolute atomic E-state index is 0.119. The Labute approximate surface area is 132 Å². The summed E-state index contributed by atoms with van der Waals surface area (Å²) in [5.41, 5.74) is -1.16. The van der Waals surface area contributed by atoms with E-state index in [2.05, 4.69) is 21.9 Å². The van der Waals surface area contributed by atoms with Gasteiger partial charge < -0.3 is 9.47 Å². The van der Waals surface area contributed by atoms with Crippen LogP contribution in [0.4, 0.5) is 0 Å². The molecule has 1 aromatic rings. The molecule has 0 spiro atoms. The highest BCUT2D eigenvalue weighted by Gasteiger charge is 2.50. The lowest BCUT2D eigenvalue weighted by atomic mass is 9.77. The molecule has 1 rings (SSSR count). The Kier molecular flexibility index (Phi) is 6.44. The lowest BCUT2D eigenvalue weighted by Gasteiger charge is -2.27. The molecular formula is C16H17BrO4. The fourth-order valence-corrected chi connectivity index (χ4v) is 2.23. The summed E-state index contributed by atoms with van der Waals surface area (Å²) in [5, 5.41) is 0. The second kappa shape index (κ2) is 7.84. The van der Waals surface area contributed by atoms with Crippen LogP contribution in [-0.2, 0) is 24.5 Å². The van der Waals surface area contributed by atoms with Gasteiger partial charge in [-0.2, -0.15) is 0 Å². The molecule has 112 valence electrons. The van der Waals surface area contributed by atoms with Gasteiger partial charge in [0.2, 0.25) is 5.41 Å². The Bertz CT molecular complexity index is 524. The van der Waals surface area contributed by atoms with Gasteiger partial charge in [0.15, 0.2) is 0 Å². The predicted octanol–water partition coefficient (Wildman–Crippen LogP) is 2.84. The predicted molar refractivity (Wildman–Crippen MR) is 82.5 cm³/mol. The van der Waals surface area contributed by atoms with E-state index < -0.39 is 17.4 Å². The average Bonchev–Trinajstić information content (AvgIpc) is 2.46. The van der Waals surface area contributed by atoms with Gasteiger partial charge in [-0.05, 0) is 31.5 Å². The number of carbonyl (C=O) groups excluding carboxylic acids is 2. The number of esters is 2. The van der Waals surface area contributed by atoms with E-state index >= 15 is 0 Å². The van der Waals surface area contributed by atoms with Crippen LogP contribution in [0.25, 0.3) is 0 Å². The van der Waals surface area contributed by atoms with Gasteiger partial charge in [0.25, 0.3) is 0 Å². The van der Waals surface area contributed by atoms with Crippen molar-refractivity contribution in [2.45, 2.75) is 25.7 Å². The van der Waals surface area contributed by atoms with Gasteiger partial charge in [0, 0.05) is 10.9 Å². The third-order valence-corrected chi connectivity index (χ3v) is 3.48. The third-order valence-electron chi connectivity index (χ3n) is 2.95. The van der Waals surface area contributed by atoms with E-state index in [1.165, 1.54) is 0 Å². The first kappa shape index (κ1) is 17.3. The maximum atomic E-state index is 12.4. The van der Waals surface area contributed by atoms with Gasteiger partial charge in [0.1, 0.15) is 0 Å². The first-order chi connectivity index (χ1) is 10.0. The fourth-order valence-electron chi connectivity index (χ4n) is 1.96. The molecular weight excluding hydrogens is 336 g/mol. The molecule has 0 saturated carbocycles. The minimum Gasteiger partial charge on any atom is -0.465 e. The van der Waals surface area contributed by atoms with Crippen molar-refractivity contribution < 1.29 is 19.1 Å². The monoisotopic (exact) mass is 352 g/mol. The van der Waals surface area contributed by atoms with E-state index in [4.69, 9.17) is 15.9 Å². The van der Waals surface area contributed by atoms with Crippen molar-refractivity contribution >= 4 is 27.9 Å². The Morgan fingerprint density at radius 2 is 1.62 bits per heavy atom. The largest absolute Gasteiger partial charge is 0.465 e. The highest BCUT2D eigenvalue weighted by Crippen LogP contribution is 2.32. The molecule has 0 aliphatic carbocycles. The number of rotatable bonds is 6. The normalized spacial score (nSPS) is 10.6. The van der Waals surface area contributed by atoms with Crippen molar-refractivity contribution in [3.63, 3.8) is 0 Å². The highest BCUT2D eigenvalue weighted by molar-refractivity contribution is 9.10. The van der Waals surface area contributed by atoms with E-state index in [1.54, 1.807) is 38.1 Å². The summed E-state index contributed by atoms with van der Waals surface area (Å²) < 4.78 is 11.0. The Balaban J connectivity index is 3.43. The summed E-state index contributed by atoms with van der Waals surface area (Å²) in [6.07, 6.45) is 5.26. The van der Waals surface area contributed by atoms with Crippen LogP contribution in [0.2, 0.25) is 0 Å². The number of benzene rings is 1.